The molecule has 0 aliphatic carbocycles. The minimum Gasteiger partial charge on any atom is -0.394 e. The molecule has 18 heavy (non-hydrogen) atoms. The topological polar surface area (TPSA) is 125 Å². The third-order valence-electron chi connectivity index (χ3n) is 3.04. The predicted molar refractivity (Wildman–Crippen MR) is 58.9 cm³/mol. The van der Waals surface area contributed by atoms with E-state index in [0.717, 1.165) is 16.8 Å². The van der Waals surface area contributed by atoms with Crippen molar-refractivity contribution >= 4 is 0 Å². The van der Waals surface area contributed by atoms with E-state index in [-0.39, 0.29) is 0 Å². The molecule has 3 unspecified atom stereocenters. The van der Waals surface area contributed by atoms with Gasteiger partial charge in [0.15, 0.2) is 6.23 Å². The van der Waals surface area contributed by atoms with E-state index in [1.54, 1.807) is 0 Å². The summed E-state index contributed by atoms with van der Waals surface area (Å²) in [5.74, 6) is 0. The van der Waals surface area contributed by atoms with Crippen LogP contribution < -0.4 is 11.2 Å². The van der Waals surface area contributed by atoms with E-state index in [4.69, 9.17) is 9.84 Å². The lowest BCUT2D eigenvalue weighted by atomic mass is 9.96. The van der Waals surface area contributed by atoms with Gasteiger partial charge in [0, 0.05) is 12.3 Å². The molecule has 0 saturated carbocycles. The van der Waals surface area contributed by atoms with E-state index in [2.05, 4.69) is 0 Å². The smallest absolute Gasteiger partial charge is 0.330 e. The number of aromatic nitrogens is 2. The number of nitrogens with one attached hydrogen (secondary N) is 1. The standard InChI is InChI=1S/C10H14N2O6/c1-10(17)7(15)5(4-13)18-8(10)12-3-2-6(14)11-9(12)16/h2-3,5,7-8,13,15,17H,4H2,1H3,(H,11,14,16)/t5-,7?,8?,10?/m1/s1. The minimum atomic E-state index is -1.75. The fraction of sp³-hybridized carbons (Fsp3) is 0.600. The summed E-state index contributed by atoms with van der Waals surface area (Å²) in [5, 5.41) is 28.9. The van der Waals surface area contributed by atoms with Crippen molar-refractivity contribution in [3.05, 3.63) is 33.1 Å². The first-order valence-electron chi connectivity index (χ1n) is 5.36. The van der Waals surface area contributed by atoms with E-state index in [1.807, 2.05) is 4.98 Å². The number of ether oxygens (including phenoxy) is 1. The molecule has 1 aliphatic heterocycles. The molecule has 0 radical (unpaired) electrons. The van der Waals surface area contributed by atoms with Crippen LogP contribution in [-0.4, -0.2) is 49.3 Å². The van der Waals surface area contributed by atoms with Crippen LogP contribution in [0.2, 0.25) is 0 Å². The zero-order valence-corrected chi connectivity index (χ0v) is 9.61. The molecule has 2 rings (SSSR count). The zero-order chi connectivity index (χ0) is 13.5. The first kappa shape index (κ1) is 13.0. The second kappa shape index (κ2) is 4.32. The van der Waals surface area contributed by atoms with Gasteiger partial charge >= 0.3 is 5.69 Å². The van der Waals surface area contributed by atoms with Crippen molar-refractivity contribution in [2.45, 2.75) is 31.0 Å². The van der Waals surface area contributed by atoms with E-state index >= 15 is 0 Å². The first-order chi connectivity index (χ1) is 8.37. The first-order valence-corrected chi connectivity index (χ1v) is 5.36. The molecule has 8 heteroatoms. The Balaban J connectivity index is 2.45. The van der Waals surface area contributed by atoms with Gasteiger partial charge in [-0.1, -0.05) is 0 Å². The maximum Gasteiger partial charge on any atom is 0.330 e. The second-order valence-corrected chi connectivity index (χ2v) is 4.40. The third-order valence-corrected chi connectivity index (χ3v) is 3.04. The van der Waals surface area contributed by atoms with Crippen LogP contribution in [0.3, 0.4) is 0 Å². The quantitative estimate of drug-likeness (QED) is 0.466. The Morgan fingerprint density at radius 1 is 1.56 bits per heavy atom. The summed E-state index contributed by atoms with van der Waals surface area (Å²) >= 11 is 0. The Labute approximate surface area is 101 Å². The number of hydrogen-bond donors (Lipinski definition) is 4. The van der Waals surface area contributed by atoms with Crippen LogP contribution in [0.25, 0.3) is 0 Å². The number of nitrogens with zero attached hydrogens (tertiary/aromatic N) is 1. The van der Waals surface area contributed by atoms with Crippen molar-refractivity contribution < 1.29 is 20.1 Å². The molecular weight excluding hydrogens is 244 g/mol. The van der Waals surface area contributed by atoms with Crippen molar-refractivity contribution in [1.82, 2.24) is 9.55 Å². The Kier molecular flexibility index (Phi) is 3.11. The highest BCUT2D eigenvalue weighted by atomic mass is 16.6. The van der Waals surface area contributed by atoms with Crippen LogP contribution in [0, 0.1) is 0 Å². The monoisotopic (exact) mass is 258 g/mol. The van der Waals surface area contributed by atoms with Gasteiger partial charge in [0.1, 0.15) is 17.8 Å². The summed E-state index contributed by atoms with van der Waals surface area (Å²) in [6, 6.07) is 1.10. The van der Waals surface area contributed by atoms with Crippen molar-refractivity contribution in [2.75, 3.05) is 6.61 Å². The zero-order valence-electron chi connectivity index (χ0n) is 9.61. The molecule has 100 valence electrons. The molecule has 0 spiro atoms. The highest BCUT2D eigenvalue weighted by Crippen LogP contribution is 2.36. The molecule has 2 heterocycles. The van der Waals surface area contributed by atoms with Gasteiger partial charge in [0.25, 0.3) is 5.56 Å². The van der Waals surface area contributed by atoms with Crippen LogP contribution in [0.5, 0.6) is 0 Å². The van der Waals surface area contributed by atoms with Crippen LogP contribution >= 0.6 is 0 Å². The van der Waals surface area contributed by atoms with Crippen LogP contribution in [0.1, 0.15) is 13.2 Å². The van der Waals surface area contributed by atoms with Crippen molar-refractivity contribution in [2.24, 2.45) is 0 Å². The minimum absolute atomic E-state index is 0.494. The summed E-state index contributed by atoms with van der Waals surface area (Å²) in [7, 11) is 0. The summed E-state index contributed by atoms with van der Waals surface area (Å²) in [6.45, 7) is 0.793. The SMILES string of the molecule is CC1(O)C(O)[C@@H](CO)OC1n1ccc(=O)[nH]c1=O. The molecule has 0 amide bonds. The van der Waals surface area contributed by atoms with Gasteiger partial charge in [-0.15, -0.1) is 0 Å². The summed E-state index contributed by atoms with van der Waals surface area (Å²) < 4.78 is 6.19. The Hall–Kier alpha value is -1.48. The number of aromatic amines is 1. The lowest BCUT2D eigenvalue weighted by Gasteiger charge is -2.27. The molecule has 1 aromatic heterocycles. The number of H-pyrrole nitrogens is 1. The fourth-order valence-corrected chi connectivity index (χ4v) is 2.00. The Morgan fingerprint density at radius 3 is 2.72 bits per heavy atom. The largest absolute Gasteiger partial charge is 0.394 e. The lowest BCUT2D eigenvalue weighted by Crippen LogP contribution is -2.46. The third kappa shape index (κ3) is 1.89. The summed E-state index contributed by atoms with van der Waals surface area (Å²) in [5.41, 5.74) is -3.10. The maximum atomic E-state index is 11.6. The van der Waals surface area contributed by atoms with Gasteiger partial charge in [-0.25, -0.2) is 4.79 Å². The van der Waals surface area contributed by atoms with Gasteiger partial charge in [-0.2, -0.15) is 0 Å². The normalized spacial score (nSPS) is 35.9. The predicted octanol–water partition coefficient (Wildman–Crippen LogP) is -2.46. The molecule has 1 fully saturated rings. The highest BCUT2D eigenvalue weighted by Gasteiger charge is 2.53. The van der Waals surface area contributed by atoms with Gasteiger partial charge in [0.05, 0.1) is 6.61 Å². The maximum absolute atomic E-state index is 11.6. The van der Waals surface area contributed by atoms with E-state index in [1.165, 1.54) is 6.92 Å². The van der Waals surface area contributed by atoms with E-state index in [9.17, 15) is 19.8 Å². The molecule has 1 aromatic rings. The molecule has 1 aliphatic rings. The average Bonchev–Trinajstić information content (AvgIpc) is 2.52. The molecule has 4 N–H and O–H groups in total. The number of aliphatic hydroxyl groups excluding tert-OH is 2. The van der Waals surface area contributed by atoms with Crippen molar-refractivity contribution in [1.29, 1.82) is 0 Å². The van der Waals surface area contributed by atoms with Crippen LogP contribution in [-0.2, 0) is 4.74 Å². The Morgan fingerprint density at radius 2 is 2.22 bits per heavy atom. The average molecular weight is 258 g/mol. The van der Waals surface area contributed by atoms with Crippen LogP contribution in [0.4, 0.5) is 0 Å². The molecular formula is C10H14N2O6. The molecule has 4 atom stereocenters. The van der Waals surface area contributed by atoms with Gasteiger partial charge in [-0.05, 0) is 6.92 Å². The fourth-order valence-electron chi connectivity index (χ4n) is 2.00. The molecule has 8 nitrogen and oxygen atoms in total. The van der Waals surface area contributed by atoms with E-state index in [0.29, 0.717) is 0 Å². The van der Waals surface area contributed by atoms with Gasteiger partial charge in [-0.3, -0.25) is 14.3 Å². The summed E-state index contributed by atoms with van der Waals surface area (Å²) in [4.78, 5) is 24.5. The number of aliphatic hydroxyl groups is 3. The highest BCUT2D eigenvalue weighted by molar-refractivity contribution is 5.00. The molecule has 0 aromatic carbocycles. The van der Waals surface area contributed by atoms with Gasteiger partial charge in [0.2, 0.25) is 0 Å². The van der Waals surface area contributed by atoms with Crippen molar-refractivity contribution in [3.8, 4) is 0 Å². The number of hydrogen-bond acceptors (Lipinski definition) is 6. The Bertz CT molecular complexity index is 548. The molecule has 1 saturated heterocycles. The molecule has 0 bridgehead atoms. The summed E-state index contributed by atoms with van der Waals surface area (Å²) in [6.07, 6.45) is -2.36. The van der Waals surface area contributed by atoms with Gasteiger partial charge < -0.3 is 20.1 Å². The second-order valence-electron chi connectivity index (χ2n) is 4.40. The van der Waals surface area contributed by atoms with Crippen LogP contribution in [0.15, 0.2) is 21.9 Å². The van der Waals surface area contributed by atoms with E-state index < -0.39 is 41.9 Å². The lowest BCUT2D eigenvalue weighted by molar-refractivity contribution is -0.0987. The van der Waals surface area contributed by atoms with Crippen molar-refractivity contribution in [3.63, 3.8) is 0 Å². The number of rotatable bonds is 2.